The Hall–Kier alpha value is -2.46. The summed E-state index contributed by atoms with van der Waals surface area (Å²) in [6.45, 7) is 2.55. The Morgan fingerprint density at radius 1 is 1.10 bits per heavy atom. The van der Waals surface area contributed by atoms with E-state index in [1.807, 2.05) is 23.6 Å². The average Bonchev–Trinajstić information content (AvgIpc) is 3.32. The molecule has 4 rings (SSSR count). The second-order valence-corrected chi connectivity index (χ2v) is 10.3. The SMILES string of the molecule is O=C(c1cccc(S(=O)(=O)NCc2cccs2)c1)N1CCN(c2ccc(Cl)cn2)CC1. The maximum atomic E-state index is 13.0. The van der Waals surface area contributed by atoms with Crippen molar-refractivity contribution in [2.75, 3.05) is 31.1 Å². The molecular formula is C21H21ClN4O3S2. The van der Waals surface area contributed by atoms with Crippen molar-refractivity contribution < 1.29 is 13.2 Å². The lowest BCUT2D eigenvalue weighted by atomic mass is 10.2. The molecule has 7 nitrogen and oxygen atoms in total. The number of hydrogen-bond donors (Lipinski definition) is 1. The standard InChI is InChI=1S/C21H21ClN4O3S2/c22-17-6-7-20(23-14-17)25-8-10-26(11-9-25)21(27)16-3-1-5-19(13-16)31(28,29)24-15-18-4-2-12-30-18/h1-7,12-14,24H,8-11,15H2. The van der Waals surface area contributed by atoms with Gasteiger partial charge in [0.1, 0.15) is 5.82 Å². The van der Waals surface area contributed by atoms with Crippen LogP contribution in [0.15, 0.2) is 65.0 Å². The number of aromatic nitrogens is 1. The molecule has 2 aromatic heterocycles. The smallest absolute Gasteiger partial charge is 0.254 e. The molecule has 1 aromatic carbocycles. The minimum atomic E-state index is -3.71. The van der Waals surface area contributed by atoms with Gasteiger partial charge in [-0.1, -0.05) is 23.7 Å². The van der Waals surface area contributed by atoms with Gasteiger partial charge in [-0.3, -0.25) is 4.79 Å². The van der Waals surface area contributed by atoms with Gasteiger partial charge in [-0.05, 0) is 41.8 Å². The van der Waals surface area contributed by atoms with Gasteiger partial charge in [0.2, 0.25) is 10.0 Å². The van der Waals surface area contributed by atoms with Crippen molar-refractivity contribution in [1.82, 2.24) is 14.6 Å². The Morgan fingerprint density at radius 2 is 1.90 bits per heavy atom. The summed E-state index contributed by atoms with van der Waals surface area (Å²) in [5, 5.41) is 2.48. The first-order valence-corrected chi connectivity index (χ1v) is 12.4. The molecule has 1 saturated heterocycles. The van der Waals surface area contributed by atoms with Gasteiger partial charge in [0.15, 0.2) is 0 Å². The predicted octanol–water partition coefficient (Wildman–Crippen LogP) is 3.24. The van der Waals surface area contributed by atoms with Crippen LogP contribution in [0.3, 0.4) is 0 Å². The molecule has 0 aliphatic carbocycles. The van der Waals surface area contributed by atoms with E-state index in [-0.39, 0.29) is 17.3 Å². The number of anilines is 1. The molecule has 10 heteroatoms. The number of nitrogens with zero attached hydrogens (tertiary/aromatic N) is 3. The first-order valence-electron chi connectivity index (χ1n) is 9.70. The van der Waals surface area contributed by atoms with E-state index in [1.54, 1.807) is 29.3 Å². The lowest BCUT2D eigenvalue weighted by Gasteiger charge is -2.35. The van der Waals surface area contributed by atoms with Gasteiger partial charge in [0.25, 0.3) is 5.91 Å². The highest BCUT2D eigenvalue weighted by Crippen LogP contribution is 2.19. The van der Waals surface area contributed by atoms with Crippen molar-refractivity contribution in [2.45, 2.75) is 11.4 Å². The minimum Gasteiger partial charge on any atom is -0.353 e. The molecule has 0 unspecified atom stereocenters. The van der Waals surface area contributed by atoms with E-state index in [2.05, 4.69) is 14.6 Å². The number of carbonyl (C=O) groups is 1. The highest BCUT2D eigenvalue weighted by molar-refractivity contribution is 7.89. The average molecular weight is 477 g/mol. The number of thiophene rings is 1. The van der Waals surface area contributed by atoms with Crippen LogP contribution in [-0.2, 0) is 16.6 Å². The van der Waals surface area contributed by atoms with Crippen LogP contribution in [0.2, 0.25) is 5.02 Å². The van der Waals surface area contributed by atoms with Crippen molar-refractivity contribution in [2.24, 2.45) is 0 Å². The Kier molecular flexibility index (Phi) is 6.57. The number of nitrogens with one attached hydrogen (secondary N) is 1. The summed E-state index contributed by atoms with van der Waals surface area (Å²) in [4.78, 5) is 22.1. The number of benzene rings is 1. The second-order valence-electron chi connectivity index (χ2n) is 7.05. The zero-order chi connectivity index (χ0) is 21.8. The molecule has 0 saturated carbocycles. The number of piperazine rings is 1. The van der Waals surface area contributed by atoms with E-state index in [4.69, 9.17) is 11.6 Å². The second kappa shape index (κ2) is 9.35. The first-order chi connectivity index (χ1) is 14.9. The third kappa shape index (κ3) is 5.24. The fourth-order valence-corrected chi connectivity index (χ4v) is 5.23. The van der Waals surface area contributed by atoms with Gasteiger partial charge in [-0.15, -0.1) is 11.3 Å². The van der Waals surface area contributed by atoms with E-state index in [9.17, 15) is 13.2 Å². The van der Waals surface area contributed by atoms with Gasteiger partial charge < -0.3 is 9.80 Å². The summed E-state index contributed by atoms with van der Waals surface area (Å²) < 4.78 is 27.9. The monoisotopic (exact) mass is 476 g/mol. The van der Waals surface area contributed by atoms with Gasteiger partial charge in [-0.2, -0.15) is 0 Å². The summed E-state index contributed by atoms with van der Waals surface area (Å²) in [6, 6.07) is 13.6. The van der Waals surface area contributed by atoms with Gasteiger partial charge in [-0.25, -0.2) is 18.1 Å². The molecule has 1 aliphatic rings. The molecule has 3 aromatic rings. The molecule has 31 heavy (non-hydrogen) atoms. The maximum absolute atomic E-state index is 13.0. The van der Waals surface area contributed by atoms with Crippen molar-refractivity contribution in [3.8, 4) is 0 Å². The molecule has 0 radical (unpaired) electrons. The van der Waals surface area contributed by atoms with E-state index in [0.29, 0.717) is 36.8 Å². The van der Waals surface area contributed by atoms with Crippen LogP contribution in [0.5, 0.6) is 0 Å². The van der Waals surface area contributed by atoms with E-state index in [1.165, 1.54) is 23.5 Å². The Balaban J connectivity index is 1.40. The van der Waals surface area contributed by atoms with Crippen LogP contribution in [0, 0.1) is 0 Å². The molecule has 1 aliphatic heterocycles. The molecule has 3 heterocycles. The molecule has 1 fully saturated rings. The van der Waals surface area contributed by atoms with E-state index >= 15 is 0 Å². The highest BCUT2D eigenvalue weighted by Gasteiger charge is 2.24. The number of amides is 1. The minimum absolute atomic E-state index is 0.0823. The number of rotatable bonds is 6. The fourth-order valence-electron chi connectivity index (χ4n) is 3.34. The Morgan fingerprint density at radius 3 is 2.58 bits per heavy atom. The summed E-state index contributed by atoms with van der Waals surface area (Å²) in [6.07, 6.45) is 1.60. The summed E-state index contributed by atoms with van der Waals surface area (Å²) >= 11 is 7.38. The lowest BCUT2D eigenvalue weighted by Crippen LogP contribution is -2.49. The van der Waals surface area contributed by atoms with Crippen LogP contribution in [0.1, 0.15) is 15.2 Å². The predicted molar refractivity (Wildman–Crippen MR) is 122 cm³/mol. The quantitative estimate of drug-likeness (QED) is 0.590. The van der Waals surface area contributed by atoms with Crippen molar-refractivity contribution in [3.63, 3.8) is 0 Å². The molecule has 1 amide bonds. The van der Waals surface area contributed by atoms with Crippen molar-refractivity contribution in [1.29, 1.82) is 0 Å². The number of hydrogen-bond acceptors (Lipinski definition) is 6. The molecule has 0 atom stereocenters. The summed E-state index contributed by atoms with van der Waals surface area (Å²) in [5.74, 6) is 0.639. The van der Waals surface area contributed by atoms with Gasteiger partial charge in [0, 0.05) is 49.4 Å². The molecule has 1 N–H and O–H groups in total. The zero-order valence-corrected chi connectivity index (χ0v) is 19.0. The van der Waals surface area contributed by atoms with Crippen LogP contribution in [-0.4, -0.2) is 50.4 Å². The molecular weight excluding hydrogens is 456 g/mol. The van der Waals surface area contributed by atoms with Gasteiger partial charge >= 0.3 is 0 Å². The molecule has 0 bridgehead atoms. The third-order valence-corrected chi connectivity index (χ3v) is 7.51. The highest BCUT2D eigenvalue weighted by atomic mass is 35.5. The van der Waals surface area contributed by atoms with Crippen LogP contribution < -0.4 is 9.62 Å². The zero-order valence-electron chi connectivity index (χ0n) is 16.6. The van der Waals surface area contributed by atoms with Crippen molar-refractivity contribution >= 4 is 44.7 Å². The lowest BCUT2D eigenvalue weighted by molar-refractivity contribution is 0.0746. The van der Waals surface area contributed by atoms with Crippen LogP contribution >= 0.6 is 22.9 Å². The van der Waals surface area contributed by atoms with Gasteiger partial charge in [0.05, 0.1) is 9.92 Å². The molecule has 0 spiro atoms. The summed E-state index contributed by atoms with van der Waals surface area (Å²) in [5.41, 5.74) is 0.358. The Bertz CT molecular complexity index is 1140. The van der Waals surface area contributed by atoms with E-state index < -0.39 is 10.0 Å². The molecule has 162 valence electrons. The topological polar surface area (TPSA) is 82.6 Å². The maximum Gasteiger partial charge on any atom is 0.254 e. The fraction of sp³-hybridized carbons (Fsp3) is 0.238. The normalized spacial score (nSPS) is 14.6. The number of carbonyl (C=O) groups excluding carboxylic acids is 1. The summed E-state index contributed by atoms with van der Waals surface area (Å²) in [7, 11) is -3.71. The van der Waals surface area contributed by atoms with Crippen molar-refractivity contribution in [3.05, 3.63) is 75.6 Å². The third-order valence-electron chi connectivity index (χ3n) is 5.01. The van der Waals surface area contributed by atoms with Crippen LogP contribution in [0.25, 0.3) is 0 Å². The van der Waals surface area contributed by atoms with Crippen LogP contribution in [0.4, 0.5) is 5.82 Å². The first kappa shape index (κ1) is 21.8. The largest absolute Gasteiger partial charge is 0.353 e. The number of pyridine rings is 1. The Labute approximate surface area is 190 Å². The van der Waals surface area contributed by atoms with E-state index in [0.717, 1.165) is 10.7 Å². The number of halogens is 1. The number of sulfonamides is 1.